The number of aromatic nitrogens is 2. The molecule has 7 heteroatoms. The first-order valence-electron chi connectivity index (χ1n) is 9.20. The van der Waals surface area contributed by atoms with Crippen LogP contribution in [0.5, 0.6) is 0 Å². The van der Waals surface area contributed by atoms with Crippen LogP contribution in [-0.2, 0) is 0 Å². The zero-order valence-corrected chi connectivity index (χ0v) is 16.3. The molecule has 144 valence electrons. The van der Waals surface area contributed by atoms with Gasteiger partial charge in [-0.25, -0.2) is 9.37 Å². The second-order valence-electron chi connectivity index (χ2n) is 6.78. The molecule has 0 spiro atoms. The van der Waals surface area contributed by atoms with Crippen molar-refractivity contribution in [1.82, 2.24) is 9.97 Å². The maximum absolute atomic E-state index is 13.1. The van der Waals surface area contributed by atoms with Gasteiger partial charge in [-0.1, -0.05) is 17.7 Å². The Balaban J connectivity index is 1.46. The van der Waals surface area contributed by atoms with Gasteiger partial charge in [0.25, 0.3) is 0 Å². The van der Waals surface area contributed by atoms with Crippen LogP contribution in [0.3, 0.4) is 0 Å². The summed E-state index contributed by atoms with van der Waals surface area (Å²) in [6, 6.07) is 16.1. The van der Waals surface area contributed by atoms with Crippen LogP contribution in [0.15, 0.2) is 54.6 Å². The van der Waals surface area contributed by atoms with Gasteiger partial charge in [-0.3, -0.25) is 0 Å². The number of piperazine rings is 1. The lowest BCUT2D eigenvalue weighted by Crippen LogP contribution is -2.47. The molecule has 4 rings (SSSR count). The molecule has 1 aliphatic rings. The van der Waals surface area contributed by atoms with Gasteiger partial charge in [0.2, 0.25) is 5.95 Å². The minimum absolute atomic E-state index is 0.213. The monoisotopic (exact) mass is 397 g/mol. The molecule has 3 aromatic rings. The van der Waals surface area contributed by atoms with E-state index in [0.29, 0.717) is 11.0 Å². The molecular weight excluding hydrogens is 377 g/mol. The van der Waals surface area contributed by atoms with Gasteiger partial charge in [-0.05, 0) is 49.4 Å². The highest BCUT2D eigenvalue weighted by Crippen LogP contribution is 2.23. The van der Waals surface area contributed by atoms with Crippen molar-refractivity contribution >= 4 is 34.7 Å². The van der Waals surface area contributed by atoms with Gasteiger partial charge in [-0.15, -0.1) is 0 Å². The van der Waals surface area contributed by atoms with E-state index in [-0.39, 0.29) is 5.82 Å². The van der Waals surface area contributed by atoms with E-state index in [1.807, 2.05) is 49.4 Å². The van der Waals surface area contributed by atoms with Crippen molar-refractivity contribution in [2.45, 2.75) is 6.92 Å². The highest BCUT2D eigenvalue weighted by molar-refractivity contribution is 6.30. The van der Waals surface area contributed by atoms with Crippen LogP contribution in [0, 0.1) is 12.7 Å². The zero-order valence-electron chi connectivity index (χ0n) is 15.6. The third-order valence-corrected chi connectivity index (χ3v) is 4.93. The summed E-state index contributed by atoms with van der Waals surface area (Å²) in [7, 11) is 0. The van der Waals surface area contributed by atoms with Crippen molar-refractivity contribution in [3.63, 3.8) is 0 Å². The van der Waals surface area contributed by atoms with Crippen molar-refractivity contribution in [2.75, 3.05) is 41.3 Å². The molecule has 1 N–H and O–H groups in total. The van der Waals surface area contributed by atoms with Crippen LogP contribution in [0.1, 0.15) is 5.69 Å². The Hall–Kier alpha value is -2.86. The lowest BCUT2D eigenvalue weighted by atomic mass is 10.2. The Kier molecular flexibility index (Phi) is 5.30. The maximum atomic E-state index is 13.1. The molecule has 0 saturated carbocycles. The zero-order chi connectivity index (χ0) is 19.5. The van der Waals surface area contributed by atoms with Crippen LogP contribution in [0.2, 0.25) is 5.02 Å². The molecule has 0 atom stereocenters. The number of anilines is 4. The van der Waals surface area contributed by atoms with Gasteiger partial charge < -0.3 is 15.1 Å². The minimum atomic E-state index is -0.213. The van der Waals surface area contributed by atoms with Gasteiger partial charge in [0.1, 0.15) is 11.6 Å². The topological polar surface area (TPSA) is 44.3 Å². The lowest BCUT2D eigenvalue weighted by Gasteiger charge is -2.36. The number of rotatable bonds is 4. The first-order valence-corrected chi connectivity index (χ1v) is 9.58. The highest BCUT2D eigenvalue weighted by Gasteiger charge is 2.20. The van der Waals surface area contributed by atoms with Crippen molar-refractivity contribution in [3.8, 4) is 0 Å². The molecular formula is C21H21ClFN5. The molecule has 0 amide bonds. The first kappa shape index (κ1) is 18.5. The summed E-state index contributed by atoms with van der Waals surface area (Å²) >= 11 is 6.06. The fraction of sp³-hybridized carbons (Fsp3) is 0.238. The summed E-state index contributed by atoms with van der Waals surface area (Å²) in [6.07, 6.45) is 0. The summed E-state index contributed by atoms with van der Waals surface area (Å²) in [6.45, 7) is 5.23. The Bertz CT molecular complexity index is 955. The van der Waals surface area contributed by atoms with Crippen LogP contribution < -0.4 is 15.1 Å². The summed E-state index contributed by atoms with van der Waals surface area (Å²) in [5.74, 6) is 1.24. The van der Waals surface area contributed by atoms with Gasteiger partial charge in [0, 0.05) is 54.3 Å². The minimum Gasteiger partial charge on any atom is -0.368 e. The number of hydrogen-bond donors (Lipinski definition) is 1. The van der Waals surface area contributed by atoms with E-state index < -0.39 is 0 Å². The second kappa shape index (κ2) is 8.02. The number of hydrogen-bond acceptors (Lipinski definition) is 5. The highest BCUT2D eigenvalue weighted by atomic mass is 35.5. The van der Waals surface area contributed by atoms with Crippen molar-refractivity contribution in [3.05, 3.63) is 71.1 Å². The molecule has 0 aliphatic carbocycles. The molecule has 1 aromatic heterocycles. The molecule has 1 fully saturated rings. The Morgan fingerprint density at radius 2 is 1.64 bits per heavy atom. The quantitative estimate of drug-likeness (QED) is 0.694. The Morgan fingerprint density at radius 3 is 2.36 bits per heavy atom. The number of benzene rings is 2. The van der Waals surface area contributed by atoms with Crippen LogP contribution in [0.4, 0.5) is 27.5 Å². The molecule has 2 heterocycles. The summed E-state index contributed by atoms with van der Waals surface area (Å²) in [4.78, 5) is 13.7. The molecule has 0 bridgehead atoms. The largest absolute Gasteiger partial charge is 0.368 e. The van der Waals surface area contributed by atoms with E-state index in [2.05, 4.69) is 25.1 Å². The van der Waals surface area contributed by atoms with Crippen molar-refractivity contribution in [2.24, 2.45) is 0 Å². The molecule has 0 radical (unpaired) electrons. The van der Waals surface area contributed by atoms with Gasteiger partial charge in [0.05, 0.1) is 0 Å². The predicted octanol–water partition coefficient (Wildman–Crippen LogP) is 4.65. The fourth-order valence-corrected chi connectivity index (χ4v) is 3.48. The average molecular weight is 398 g/mol. The van der Waals surface area contributed by atoms with Crippen molar-refractivity contribution < 1.29 is 4.39 Å². The summed E-state index contributed by atoms with van der Waals surface area (Å²) in [5.41, 5.74) is 2.82. The third kappa shape index (κ3) is 4.34. The van der Waals surface area contributed by atoms with Gasteiger partial charge in [-0.2, -0.15) is 4.98 Å². The Labute approximate surface area is 168 Å². The van der Waals surface area contributed by atoms with Crippen LogP contribution in [-0.4, -0.2) is 36.1 Å². The third-order valence-electron chi connectivity index (χ3n) is 4.69. The van der Waals surface area contributed by atoms with E-state index in [1.165, 1.54) is 12.1 Å². The van der Waals surface area contributed by atoms with E-state index in [9.17, 15) is 4.39 Å². The number of nitrogens with one attached hydrogen (secondary N) is 1. The maximum Gasteiger partial charge on any atom is 0.227 e. The van der Waals surface area contributed by atoms with Crippen LogP contribution in [0.25, 0.3) is 0 Å². The van der Waals surface area contributed by atoms with Gasteiger partial charge >= 0.3 is 0 Å². The van der Waals surface area contributed by atoms with E-state index in [4.69, 9.17) is 11.6 Å². The van der Waals surface area contributed by atoms with Gasteiger partial charge in [0.15, 0.2) is 0 Å². The average Bonchev–Trinajstić information content (AvgIpc) is 2.68. The normalized spacial score (nSPS) is 14.2. The molecule has 2 aromatic carbocycles. The SMILES string of the molecule is Cc1cc(Nc2cccc(Cl)c2)nc(N2CCN(c3ccc(F)cc3)CC2)n1. The van der Waals surface area contributed by atoms with Crippen LogP contribution >= 0.6 is 11.6 Å². The van der Waals surface area contributed by atoms with E-state index >= 15 is 0 Å². The van der Waals surface area contributed by atoms with E-state index in [1.54, 1.807) is 0 Å². The summed E-state index contributed by atoms with van der Waals surface area (Å²) in [5, 5.41) is 3.97. The molecule has 0 unspecified atom stereocenters. The molecule has 28 heavy (non-hydrogen) atoms. The molecule has 5 nitrogen and oxygen atoms in total. The molecule has 1 aliphatic heterocycles. The first-order chi connectivity index (χ1) is 13.6. The lowest BCUT2D eigenvalue weighted by molar-refractivity contribution is 0.623. The number of aryl methyl sites for hydroxylation is 1. The second-order valence-corrected chi connectivity index (χ2v) is 7.22. The number of nitrogens with zero attached hydrogens (tertiary/aromatic N) is 4. The van der Waals surface area contributed by atoms with E-state index in [0.717, 1.165) is 49.1 Å². The Morgan fingerprint density at radius 1 is 0.929 bits per heavy atom. The fourth-order valence-electron chi connectivity index (χ4n) is 3.29. The van der Waals surface area contributed by atoms with Crippen molar-refractivity contribution in [1.29, 1.82) is 0 Å². The number of halogens is 2. The molecule has 1 saturated heterocycles. The standard InChI is InChI=1S/C21H21ClFN5/c1-15-13-20(25-18-4-2-3-16(22)14-18)26-21(24-15)28-11-9-27(10-12-28)19-7-5-17(23)6-8-19/h2-8,13-14H,9-12H2,1H3,(H,24,25,26). The predicted molar refractivity (Wildman–Crippen MR) is 112 cm³/mol. The summed E-state index contributed by atoms with van der Waals surface area (Å²) < 4.78 is 13.1. The smallest absolute Gasteiger partial charge is 0.227 e.